The van der Waals surface area contributed by atoms with Crippen molar-refractivity contribution in [2.45, 2.75) is 51.7 Å². The van der Waals surface area contributed by atoms with Crippen LogP contribution in [-0.2, 0) is 9.53 Å². The predicted octanol–water partition coefficient (Wildman–Crippen LogP) is 0.764. The molecule has 0 aromatic rings. The van der Waals surface area contributed by atoms with E-state index in [1.54, 1.807) is 4.90 Å². The van der Waals surface area contributed by atoms with E-state index in [2.05, 4.69) is 19.2 Å². The van der Waals surface area contributed by atoms with Crippen LogP contribution < -0.4 is 5.32 Å². The molecule has 19 heavy (non-hydrogen) atoms. The Hall–Kier alpha value is -0.650. The number of rotatable bonds is 8. The summed E-state index contributed by atoms with van der Waals surface area (Å²) < 4.78 is 5.70. The second-order valence-corrected chi connectivity index (χ2v) is 5.04. The highest BCUT2D eigenvalue weighted by Crippen LogP contribution is 2.11. The van der Waals surface area contributed by atoms with Crippen LogP contribution in [0.2, 0.25) is 0 Å². The zero-order valence-corrected chi connectivity index (χ0v) is 12.2. The molecule has 0 aliphatic carbocycles. The molecule has 0 radical (unpaired) electrons. The van der Waals surface area contributed by atoms with E-state index in [1.165, 1.54) is 0 Å². The SMILES string of the molecule is CCC(CC)N(CCO)C(=O)COC1CCNCC1. The molecule has 5 nitrogen and oxygen atoms in total. The number of hydrogen-bond donors (Lipinski definition) is 2. The van der Waals surface area contributed by atoms with Crippen LogP contribution in [-0.4, -0.2) is 60.9 Å². The van der Waals surface area contributed by atoms with Crippen molar-refractivity contribution in [2.75, 3.05) is 32.8 Å². The molecule has 0 atom stereocenters. The molecule has 0 bridgehead atoms. The van der Waals surface area contributed by atoms with Crippen LogP contribution in [0.5, 0.6) is 0 Å². The quantitative estimate of drug-likeness (QED) is 0.685. The molecule has 1 amide bonds. The number of nitrogens with zero attached hydrogens (tertiary/aromatic N) is 1. The molecule has 2 N–H and O–H groups in total. The third-order valence-corrected chi connectivity index (χ3v) is 3.77. The van der Waals surface area contributed by atoms with Crippen molar-refractivity contribution in [3.63, 3.8) is 0 Å². The summed E-state index contributed by atoms with van der Waals surface area (Å²) in [6.45, 7) is 6.62. The summed E-state index contributed by atoms with van der Waals surface area (Å²) in [5, 5.41) is 12.4. The Bertz CT molecular complexity index is 251. The maximum absolute atomic E-state index is 12.2. The van der Waals surface area contributed by atoms with Crippen LogP contribution in [0.4, 0.5) is 0 Å². The predicted molar refractivity (Wildman–Crippen MR) is 75.0 cm³/mol. The third kappa shape index (κ3) is 5.47. The van der Waals surface area contributed by atoms with E-state index < -0.39 is 0 Å². The Morgan fingerprint density at radius 3 is 2.53 bits per heavy atom. The zero-order valence-electron chi connectivity index (χ0n) is 12.2. The molecule has 0 aromatic heterocycles. The van der Waals surface area contributed by atoms with Crippen LogP contribution >= 0.6 is 0 Å². The molecule has 0 unspecified atom stereocenters. The number of hydrogen-bond acceptors (Lipinski definition) is 4. The smallest absolute Gasteiger partial charge is 0.248 e. The second-order valence-electron chi connectivity index (χ2n) is 5.04. The number of aliphatic hydroxyl groups excluding tert-OH is 1. The van der Waals surface area contributed by atoms with E-state index in [9.17, 15) is 4.79 Å². The van der Waals surface area contributed by atoms with Crippen molar-refractivity contribution in [3.8, 4) is 0 Å². The topological polar surface area (TPSA) is 61.8 Å². The van der Waals surface area contributed by atoms with Gasteiger partial charge in [0.15, 0.2) is 0 Å². The van der Waals surface area contributed by atoms with Crippen LogP contribution in [0.25, 0.3) is 0 Å². The lowest BCUT2D eigenvalue weighted by Gasteiger charge is -2.31. The Morgan fingerprint density at radius 2 is 2.00 bits per heavy atom. The monoisotopic (exact) mass is 272 g/mol. The summed E-state index contributed by atoms with van der Waals surface area (Å²) in [5.41, 5.74) is 0. The van der Waals surface area contributed by atoms with Gasteiger partial charge >= 0.3 is 0 Å². The standard InChI is InChI=1S/C14H28N2O3/c1-3-12(4-2)16(9-10-17)14(18)11-19-13-5-7-15-8-6-13/h12-13,15,17H,3-11H2,1-2H3. The van der Waals surface area contributed by atoms with Gasteiger partial charge in [0.1, 0.15) is 6.61 Å². The molecule has 0 spiro atoms. The molecule has 1 heterocycles. The molecule has 1 aliphatic heterocycles. The molecule has 1 rings (SSSR count). The first-order valence-corrected chi connectivity index (χ1v) is 7.45. The Kier molecular flexibility index (Phi) is 8.02. The van der Waals surface area contributed by atoms with Gasteiger partial charge in [-0.05, 0) is 38.8 Å². The van der Waals surface area contributed by atoms with Crippen LogP contribution in [0, 0.1) is 0 Å². The van der Waals surface area contributed by atoms with E-state index in [4.69, 9.17) is 9.84 Å². The maximum atomic E-state index is 12.2. The van der Waals surface area contributed by atoms with Crippen LogP contribution in [0.1, 0.15) is 39.5 Å². The minimum Gasteiger partial charge on any atom is -0.395 e. The first-order chi connectivity index (χ1) is 9.22. The molecule has 1 aliphatic rings. The molecule has 0 aromatic carbocycles. The molecular weight excluding hydrogens is 244 g/mol. The fourth-order valence-electron chi connectivity index (χ4n) is 2.58. The van der Waals surface area contributed by atoms with Gasteiger partial charge < -0.3 is 20.1 Å². The number of carbonyl (C=O) groups excluding carboxylic acids is 1. The summed E-state index contributed by atoms with van der Waals surface area (Å²) >= 11 is 0. The first kappa shape index (κ1) is 16.4. The van der Waals surface area contributed by atoms with Crippen LogP contribution in [0.15, 0.2) is 0 Å². The Balaban J connectivity index is 2.41. The molecular formula is C14H28N2O3. The maximum Gasteiger partial charge on any atom is 0.248 e. The van der Waals surface area contributed by atoms with Crippen molar-refractivity contribution in [2.24, 2.45) is 0 Å². The Morgan fingerprint density at radius 1 is 1.37 bits per heavy atom. The van der Waals surface area contributed by atoms with Crippen LogP contribution in [0.3, 0.4) is 0 Å². The lowest BCUT2D eigenvalue weighted by Crippen LogP contribution is -2.44. The van der Waals surface area contributed by atoms with Gasteiger partial charge in [-0.25, -0.2) is 0 Å². The summed E-state index contributed by atoms with van der Waals surface area (Å²) in [7, 11) is 0. The van der Waals surface area contributed by atoms with E-state index in [0.717, 1.165) is 38.8 Å². The Labute approximate surface area is 116 Å². The van der Waals surface area contributed by atoms with Gasteiger partial charge in [-0.15, -0.1) is 0 Å². The van der Waals surface area contributed by atoms with Gasteiger partial charge in [0.25, 0.3) is 0 Å². The van der Waals surface area contributed by atoms with Gasteiger partial charge in [-0.2, -0.15) is 0 Å². The van der Waals surface area contributed by atoms with Crippen molar-refractivity contribution in [1.29, 1.82) is 0 Å². The van der Waals surface area contributed by atoms with Gasteiger partial charge in [0.2, 0.25) is 5.91 Å². The molecule has 5 heteroatoms. The molecule has 0 saturated carbocycles. The normalized spacial score (nSPS) is 16.8. The number of piperidine rings is 1. The second kappa shape index (κ2) is 9.28. The number of aliphatic hydroxyl groups is 1. The van der Waals surface area contributed by atoms with E-state index >= 15 is 0 Å². The minimum absolute atomic E-state index is 0.00119. The highest BCUT2D eigenvalue weighted by atomic mass is 16.5. The fraction of sp³-hybridized carbons (Fsp3) is 0.929. The van der Waals surface area contributed by atoms with E-state index in [1.807, 2.05) is 0 Å². The number of carbonyl (C=O) groups is 1. The number of nitrogens with one attached hydrogen (secondary N) is 1. The largest absolute Gasteiger partial charge is 0.395 e. The summed E-state index contributed by atoms with van der Waals surface area (Å²) in [4.78, 5) is 14.0. The van der Waals surface area contributed by atoms with Gasteiger partial charge in [-0.3, -0.25) is 4.79 Å². The highest BCUT2D eigenvalue weighted by Gasteiger charge is 2.22. The molecule has 112 valence electrons. The van der Waals surface area contributed by atoms with Gasteiger partial charge in [0.05, 0.1) is 12.7 Å². The average molecular weight is 272 g/mol. The number of amides is 1. The van der Waals surface area contributed by atoms with Crippen molar-refractivity contribution >= 4 is 5.91 Å². The lowest BCUT2D eigenvalue weighted by molar-refractivity contribution is -0.141. The molecule has 1 fully saturated rings. The van der Waals surface area contributed by atoms with E-state index in [0.29, 0.717) is 6.54 Å². The number of ether oxygens (including phenoxy) is 1. The van der Waals surface area contributed by atoms with Crippen molar-refractivity contribution in [1.82, 2.24) is 10.2 Å². The lowest BCUT2D eigenvalue weighted by atomic mass is 10.1. The van der Waals surface area contributed by atoms with Gasteiger partial charge in [0, 0.05) is 12.6 Å². The average Bonchev–Trinajstić information content (AvgIpc) is 2.46. The first-order valence-electron chi connectivity index (χ1n) is 7.45. The van der Waals surface area contributed by atoms with E-state index in [-0.39, 0.29) is 31.3 Å². The summed E-state index contributed by atoms with van der Waals surface area (Å²) in [6.07, 6.45) is 3.96. The third-order valence-electron chi connectivity index (χ3n) is 3.77. The molecule has 1 saturated heterocycles. The minimum atomic E-state index is 0.00119. The van der Waals surface area contributed by atoms with Crippen molar-refractivity contribution < 1.29 is 14.6 Å². The zero-order chi connectivity index (χ0) is 14.1. The van der Waals surface area contributed by atoms with Crippen molar-refractivity contribution in [3.05, 3.63) is 0 Å². The fourth-order valence-corrected chi connectivity index (χ4v) is 2.58. The summed E-state index contributed by atoms with van der Waals surface area (Å²) in [6, 6.07) is 0.205. The van der Waals surface area contributed by atoms with Gasteiger partial charge in [-0.1, -0.05) is 13.8 Å². The highest BCUT2D eigenvalue weighted by molar-refractivity contribution is 5.77. The summed E-state index contributed by atoms with van der Waals surface area (Å²) in [5.74, 6) is 0.00119.